The van der Waals surface area contributed by atoms with Crippen LogP contribution in [0.15, 0.2) is 66.7 Å². The van der Waals surface area contributed by atoms with Gasteiger partial charge in [0.25, 0.3) is 5.91 Å². The van der Waals surface area contributed by atoms with E-state index in [1.807, 2.05) is 55.5 Å². The molecule has 0 fully saturated rings. The van der Waals surface area contributed by atoms with Crippen LogP contribution in [0.25, 0.3) is 0 Å². The van der Waals surface area contributed by atoms with Crippen molar-refractivity contribution in [3.63, 3.8) is 0 Å². The Morgan fingerprint density at radius 3 is 2.37 bits per heavy atom. The number of halogens is 2. The van der Waals surface area contributed by atoms with E-state index >= 15 is 0 Å². The first-order chi connectivity index (χ1) is 16.8. The van der Waals surface area contributed by atoms with Gasteiger partial charge in [0.2, 0.25) is 0 Å². The predicted octanol–water partition coefficient (Wildman–Crippen LogP) is 5.51. The molecule has 0 aromatic heterocycles. The second kappa shape index (κ2) is 10.2. The third-order valence-electron chi connectivity index (χ3n) is 5.92. The number of nitrogens with zero attached hydrogens (tertiary/aromatic N) is 1. The zero-order valence-corrected chi connectivity index (χ0v) is 19.8. The van der Waals surface area contributed by atoms with Crippen molar-refractivity contribution in [1.29, 1.82) is 0 Å². The van der Waals surface area contributed by atoms with Crippen LogP contribution >= 0.6 is 0 Å². The lowest BCUT2D eigenvalue weighted by atomic mass is 10.00. The predicted molar refractivity (Wildman–Crippen MR) is 127 cm³/mol. The van der Waals surface area contributed by atoms with Gasteiger partial charge >= 0.3 is 6.29 Å². The Bertz CT molecular complexity index is 1190. The highest BCUT2D eigenvalue weighted by Gasteiger charge is 2.43. The minimum Gasteiger partial charge on any atom is -0.493 e. The Labute approximate surface area is 203 Å². The molecule has 0 bridgehead atoms. The Balaban J connectivity index is 1.56. The molecule has 35 heavy (non-hydrogen) atoms. The summed E-state index contributed by atoms with van der Waals surface area (Å²) in [5.74, 6) is 0.757. The summed E-state index contributed by atoms with van der Waals surface area (Å²) in [6, 6.07) is 19.6. The van der Waals surface area contributed by atoms with Crippen LogP contribution in [0.5, 0.6) is 23.0 Å². The van der Waals surface area contributed by atoms with Crippen LogP contribution in [-0.4, -0.2) is 44.4 Å². The van der Waals surface area contributed by atoms with Crippen molar-refractivity contribution < 1.29 is 32.5 Å². The van der Waals surface area contributed by atoms with Gasteiger partial charge in [0, 0.05) is 18.7 Å². The van der Waals surface area contributed by atoms with Gasteiger partial charge < -0.3 is 23.8 Å². The highest BCUT2D eigenvalue weighted by molar-refractivity contribution is 5.95. The van der Waals surface area contributed by atoms with Crippen molar-refractivity contribution in [2.75, 3.05) is 27.3 Å². The smallest absolute Gasteiger partial charge is 0.493 e. The van der Waals surface area contributed by atoms with Crippen molar-refractivity contribution in [3.8, 4) is 23.0 Å². The van der Waals surface area contributed by atoms with Crippen LogP contribution in [0, 0.1) is 0 Å². The molecular formula is C27H27F2NO5. The zero-order valence-electron chi connectivity index (χ0n) is 19.8. The van der Waals surface area contributed by atoms with Gasteiger partial charge in [-0.1, -0.05) is 43.3 Å². The maximum absolute atomic E-state index is 13.5. The lowest BCUT2D eigenvalue weighted by Gasteiger charge is -2.27. The maximum atomic E-state index is 13.5. The van der Waals surface area contributed by atoms with Crippen LogP contribution in [0.2, 0.25) is 0 Å². The molecule has 3 aromatic carbocycles. The molecule has 184 valence electrons. The molecule has 1 atom stereocenters. The molecule has 1 unspecified atom stereocenters. The molecule has 0 saturated heterocycles. The van der Waals surface area contributed by atoms with Gasteiger partial charge in [-0.3, -0.25) is 4.79 Å². The second-order valence-electron chi connectivity index (χ2n) is 8.33. The summed E-state index contributed by atoms with van der Waals surface area (Å²) in [4.78, 5) is 15.2. The topological polar surface area (TPSA) is 57.2 Å². The molecule has 3 aromatic rings. The van der Waals surface area contributed by atoms with Gasteiger partial charge in [-0.05, 0) is 53.8 Å². The van der Waals surface area contributed by atoms with Crippen LogP contribution in [0.1, 0.15) is 34.3 Å². The van der Waals surface area contributed by atoms with Crippen LogP contribution in [0.3, 0.4) is 0 Å². The van der Waals surface area contributed by atoms with E-state index in [9.17, 15) is 13.6 Å². The van der Waals surface area contributed by atoms with Crippen LogP contribution < -0.4 is 18.9 Å². The number of methoxy groups -OCH3 is 2. The monoisotopic (exact) mass is 483 g/mol. The summed E-state index contributed by atoms with van der Waals surface area (Å²) < 4.78 is 46.6. The average molecular weight is 484 g/mol. The minimum absolute atomic E-state index is 0.0592. The van der Waals surface area contributed by atoms with E-state index in [0.29, 0.717) is 31.0 Å². The molecule has 0 saturated carbocycles. The molecule has 8 heteroatoms. The molecule has 6 nitrogen and oxygen atoms in total. The average Bonchev–Trinajstić information content (AvgIpc) is 3.19. The lowest BCUT2D eigenvalue weighted by Crippen LogP contribution is -2.36. The lowest BCUT2D eigenvalue weighted by molar-refractivity contribution is -0.286. The van der Waals surface area contributed by atoms with E-state index in [1.165, 1.54) is 18.2 Å². The minimum atomic E-state index is -3.74. The third-order valence-corrected chi connectivity index (χ3v) is 5.92. The molecule has 0 N–H and O–H groups in total. The fourth-order valence-electron chi connectivity index (χ4n) is 4.06. The van der Waals surface area contributed by atoms with E-state index < -0.39 is 6.29 Å². The van der Waals surface area contributed by atoms with E-state index in [1.54, 1.807) is 19.1 Å². The highest BCUT2D eigenvalue weighted by Crippen LogP contribution is 2.41. The largest absolute Gasteiger partial charge is 0.586 e. The van der Waals surface area contributed by atoms with Crippen molar-refractivity contribution >= 4 is 5.91 Å². The summed E-state index contributed by atoms with van der Waals surface area (Å²) in [5.41, 5.74) is 2.32. The molecule has 1 aliphatic heterocycles. The van der Waals surface area contributed by atoms with Crippen molar-refractivity contribution in [1.82, 2.24) is 4.90 Å². The fourth-order valence-corrected chi connectivity index (χ4v) is 4.06. The molecule has 1 amide bonds. The SMILES string of the molecule is COc1ccc(CCN(CC(C)c2ccccc2)C(=O)c2ccc3c(c2)OC(F)(F)O3)cc1OC. The zero-order chi connectivity index (χ0) is 25.0. The highest BCUT2D eigenvalue weighted by atomic mass is 19.3. The van der Waals surface area contributed by atoms with E-state index in [4.69, 9.17) is 9.47 Å². The molecular weight excluding hydrogens is 456 g/mol. The van der Waals surface area contributed by atoms with Crippen LogP contribution in [0.4, 0.5) is 8.78 Å². The second-order valence-corrected chi connectivity index (χ2v) is 8.33. The van der Waals surface area contributed by atoms with E-state index in [2.05, 4.69) is 9.47 Å². The van der Waals surface area contributed by atoms with Crippen molar-refractivity contribution in [2.24, 2.45) is 0 Å². The molecule has 0 aliphatic carbocycles. The number of hydrogen-bond donors (Lipinski definition) is 0. The first kappa shape index (κ1) is 24.3. The third kappa shape index (κ3) is 5.65. The Morgan fingerprint density at radius 1 is 0.943 bits per heavy atom. The van der Waals surface area contributed by atoms with Crippen LogP contribution in [-0.2, 0) is 6.42 Å². The quantitative estimate of drug-likeness (QED) is 0.402. The Hall–Kier alpha value is -3.81. The number of fused-ring (bicyclic) bond motifs is 1. The fraction of sp³-hybridized carbons (Fsp3) is 0.296. The molecule has 0 spiro atoms. The number of hydrogen-bond acceptors (Lipinski definition) is 5. The Morgan fingerprint density at radius 2 is 1.66 bits per heavy atom. The summed E-state index contributed by atoms with van der Waals surface area (Å²) in [5, 5.41) is 0. The number of alkyl halides is 2. The number of carbonyl (C=O) groups is 1. The number of ether oxygens (including phenoxy) is 4. The number of rotatable bonds is 9. The van der Waals surface area contributed by atoms with Crippen molar-refractivity contribution in [3.05, 3.63) is 83.4 Å². The van der Waals surface area contributed by atoms with Gasteiger partial charge in [-0.2, -0.15) is 0 Å². The normalized spacial score (nSPS) is 14.3. The summed E-state index contributed by atoms with van der Waals surface area (Å²) >= 11 is 0. The van der Waals surface area contributed by atoms with Crippen molar-refractivity contribution in [2.45, 2.75) is 25.6 Å². The molecule has 1 heterocycles. The van der Waals surface area contributed by atoms with E-state index in [-0.39, 0.29) is 28.9 Å². The summed E-state index contributed by atoms with van der Waals surface area (Å²) in [7, 11) is 3.15. The van der Waals surface area contributed by atoms with Gasteiger partial charge in [0.1, 0.15) is 0 Å². The van der Waals surface area contributed by atoms with Gasteiger partial charge in [0.05, 0.1) is 14.2 Å². The molecule has 1 aliphatic rings. The first-order valence-electron chi connectivity index (χ1n) is 11.2. The van der Waals surface area contributed by atoms with Gasteiger partial charge in [0.15, 0.2) is 23.0 Å². The summed E-state index contributed by atoms with van der Waals surface area (Å²) in [6.45, 7) is 2.91. The number of benzene rings is 3. The molecule has 4 rings (SSSR count). The standard InChI is InChI=1S/C27H27F2NO5/c1-18(20-7-5-4-6-8-20)17-30(14-13-19-9-11-22(32-2)24(15-19)33-3)26(31)21-10-12-23-25(16-21)35-27(28,29)34-23/h4-12,15-16,18H,13-14,17H2,1-3H3. The first-order valence-corrected chi connectivity index (χ1v) is 11.2. The Kier molecular flexibility index (Phi) is 7.10. The van der Waals surface area contributed by atoms with Gasteiger partial charge in [-0.25, -0.2) is 0 Å². The van der Waals surface area contributed by atoms with Gasteiger partial charge in [-0.15, -0.1) is 8.78 Å². The summed E-state index contributed by atoms with van der Waals surface area (Å²) in [6.07, 6.45) is -3.17. The number of amides is 1. The number of carbonyl (C=O) groups excluding carboxylic acids is 1. The van der Waals surface area contributed by atoms with E-state index in [0.717, 1.165) is 11.1 Å². The maximum Gasteiger partial charge on any atom is 0.586 e. The molecule has 0 radical (unpaired) electrons.